The van der Waals surface area contributed by atoms with Crippen LogP contribution in [0.3, 0.4) is 0 Å². The molecule has 0 saturated heterocycles. The zero-order chi connectivity index (χ0) is 62.7. The van der Waals surface area contributed by atoms with Crippen molar-refractivity contribution in [2.75, 3.05) is 59.3 Å². The predicted octanol–water partition coefficient (Wildman–Crippen LogP) is 10.3. The molecule has 3 amide bonds. The number of ether oxygens (including phenoxy) is 6. The number of benzene rings is 3. The van der Waals surface area contributed by atoms with Crippen molar-refractivity contribution in [3.8, 4) is 109 Å². The molecule has 0 spiro atoms. The van der Waals surface area contributed by atoms with Gasteiger partial charge in [0.05, 0.1) is 39.6 Å². The number of hydrogen-bond acceptors (Lipinski definition) is 12. The molecule has 3 aromatic carbocycles. The van der Waals surface area contributed by atoms with Gasteiger partial charge in [0.2, 0.25) is 0 Å². The summed E-state index contributed by atoms with van der Waals surface area (Å²) >= 11 is 0. The van der Waals surface area contributed by atoms with Crippen LogP contribution in [0, 0.1) is 74.1 Å². The van der Waals surface area contributed by atoms with Gasteiger partial charge >= 0.3 is 0 Å². The Kier molecular flexibility index (Phi) is 35.9. The third-order valence-electron chi connectivity index (χ3n) is 14.7. The van der Waals surface area contributed by atoms with Gasteiger partial charge in [0.25, 0.3) is 17.7 Å². The van der Waals surface area contributed by atoms with Gasteiger partial charge in [-0.2, -0.15) is 0 Å². The second-order valence-electron chi connectivity index (χ2n) is 21.8. The minimum Gasteiger partial charge on any atom is -0.493 e. The Labute approximate surface area is 520 Å². The number of carbonyl (C=O) groups excluding carboxylic acids is 3. The fourth-order valence-corrected chi connectivity index (χ4v) is 10.1. The van der Waals surface area contributed by atoms with E-state index < -0.39 is 18.1 Å². The number of nitrogens with one attached hydrogen (secondary N) is 3. The van der Waals surface area contributed by atoms with Crippen LogP contribution in [-0.4, -0.2) is 95.1 Å². The third kappa shape index (κ3) is 26.7. The minimum absolute atomic E-state index is 0.317. The van der Waals surface area contributed by atoms with Gasteiger partial charge < -0.3 is 61.6 Å². The molecule has 15 nitrogen and oxygen atoms in total. The standard InChI is InChI=1S/C72H96N6O9/c1-7-13-19-25-40-82-64-46-55(47-65(61(64)34-31-37-73)83-41-26-20-14-8-2)70(79)76-58-52-59(77-71(80)56-48-66(84-42-27-21-15-9-3)62(35-32-38-74)67(49-56)85-43-28-22-16-10-4)54-60(53-58)78-72(81)57-50-68(86-44-29-23-17-11-5)63(36-33-39-75)69(51-57)87-45-30-24-18-12-6/h1-6,46-51,58-60H,13-45,52-54,73-75H2,(H,76,79)(H,77,80)(H,78,81). The summed E-state index contributed by atoms with van der Waals surface area (Å²) in [6.45, 7) is 3.60. The highest BCUT2D eigenvalue weighted by Crippen LogP contribution is 2.37. The van der Waals surface area contributed by atoms with Gasteiger partial charge in [-0.15, -0.1) is 74.1 Å². The van der Waals surface area contributed by atoms with Gasteiger partial charge in [-0.3, -0.25) is 14.4 Å². The quantitative estimate of drug-likeness (QED) is 0.0230. The van der Waals surface area contributed by atoms with E-state index in [9.17, 15) is 14.4 Å². The first kappa shape index (κ1) is 71.6. The van der Waals surface area contributed by atoms with Crippen LogP contribution in [0.5, 0.6) is 34.5 Å². The maximum Gasteiger partial charge on any atom is 0.251 e. The lowest BCUT2D eigenvalue weighted by Gasteiger charge is -2.36. The number of nitrogens with two attached hydrogens (primary N) is 3. The molecule has 87 heavy (non-hydrogen) atoms. The highest BCUT2D eigenvalue weighted by atomic mass is 16.5. The predicted molar refractivity (Wildman–Crippen MR) is 348 cm³/mol. The average Bonchev–Trinajstić information content (AvgIpc) is 2.61. The molecule has 15 heteroatoms. The minimum atomic E-state index is -0.551. The molecule has 1 fully saturated rings. The summed E-state index contributed by atoms with van der Waals surface area (Å²) in [7, 11) is 0. The molecule has 0 atom stereocenters. The van der Waals surface area contributed by atoms with Crippen LogP contribution in [0.1, 0.15) is 202 Å². The number of hydrogen-bond donors (Lipinski definition) is 6. The molecule has 0 bridgehead atoms. The summed E-state index contributed by atoms with van der Waals surface area (Å²) in [5, 5.41) is 9.84. The van der Waals surface area contributed by atoms with Gasteiger partial charge in [0, 0.05) is 90.0 Å². The smallest absolute Gasteiger partial charge is 0.251 e. The van der Waals surface area contributed by atoms with Gasteiger partial charge in [0.1, 0.15) is 34.5 Å². The van der Waals surface area contributed by atoms with Gasteiger partial charge in [0.15, 0.2) is 0 Å². The molecule has 0 heterocycles. The van der Waals surface area contributed by atoms with E-state index in [-0.39, 0.29) is 17.7 Å². The van der Waals surface area contributed by atoms with E-state index in [1.165, 1.54) is 0 Å². The summed E-state index contributed by atoms with van der Waals surface area (Å²) in [6.07, 6.45) is 50.6. The van der Waals surface area contributed by atoms with E-state index in [4.69, 9.17) is 84.2 Å². The molecular formula is C72H96N6O9. The molecule has 0 aromatic heterocycles. The monoisotopic (exact) mass is 1190 g/mol. The van der Waals surface area contributed by atoms with Gasteiger partial charge in [-0.25, -0.2) is 0 Å². The van der Waals surface area contributed by atoms with Crippen LogP contribution in [0.15, 0.2) is 36.4 Å². The van der Waals surface area contributed by atoms with Gasteiger partial charge in [-0.05, 0) is 191 Å². The molecule has 1 aliphatic rings. The fourth-order valence-electron chi connectivity index (χ4n) is 10.1. The first-order chi connectivity index (χ1) is 42.6. The van der Waals surface area contributed by atoms with Crippen LogP contribution in [0.4, 0.5) is 0 Å². The zero-order valence-corrected chi connectivity index (χ0v) is 51.5. The Morgan fingerprint density at radius 1 is 0.345 bits per heavy atom. The molecule has 0 unspecified atom stereocenters. The van der Waals surface area contributed by atoms with Crippen LogP contribution >= 0.6 is 0 Å². The normalized spacial score (nSPS) is 14.1. The highest BCUT2D eigenvalue weighted by molar-refractivity contribution is 5.97. The molecule has 468 valence electrons. The summed E-state index contributed by atoms with van der Waals surface area (Å²) in [5.41, 5.74) is 21.5. The number of unbranched alkanes of at least 4 members (excludes halogenated alkanes) is 12. The first-order valence-electron chi connectivity index (χ1n) is 31.5. The van der Waals surface area contributed by atoms with Crippen molar-refractivity contribution in [3.63, 3.8) is 0 Å². The molecule has 1 saturated carbocycles. The largest absolute Gasteiger partial charge is 0.493 e. The van der Waals surface area contributed by atoms with Crippen molar-refractivity contribution in [1.29, 1.82) is 0 Å². The maximum atomic E-state index is 14.8. The van der Waals surface area contributed by atoms with Crippen molar-refractivity contribution < 1.29 is 42.8 Å². The second kappa shape index (κ2) is 43.7. The summed E-state index contributed by atoms with van der Waals surface area (Å²) in [6, 6.07) is 8.83. The third-order valence-corrected chi connectivity index (χ3v) is 14.7. The fraction of sp³-hybridized carbons (Fsp3) is 0.542. The van der Waals surface area contributed by atoms with E-state index in [0.717, 1.165) is 55.2 Å². The lowest BCUT2D eigenvalue weighted by Crippen LogP contribution is -2.53. The van der Waals surface area contributed by atoms with E-state index in [0.29, 0.717) is 245 Å². The topological polar surface area (TPSA) is 221 Å². The maximum absolute atomic E-state index is 14.8. The molecule has 0 aliphatic heterocycles. The van der Waals surface area contributed by atoms with Crippen LogP contribution in [0.2, 0.25) is 0 Å². The summed E-state index contributed by atoms with van der Waals surface area (Å²) in [5.74, 6) is 18.1. The van der Waals surface area contributed by atoms with Gasteiger partial charge in [-0.1, -0.05) is 0 Å². The van der Waals surface area contributed by atoms with E-state index >= 15 is 0 Å². The lowest BCUT2D eigenvalue weighted by atomic mass is 9.86. The van der Waals surface area contributed by atoms with E-state index in [2.05, 4.69) is 51.5 Å². The number of carbonyl (C=O) groups is 3. The molecule has 0 radical (unpaired) electrons. The Bertz CT molecular complexity index is 2400. The number of amides is 3. The second-order valence-corrected chi connectivity index (χ2v) is 21.8. The Morgan fingerprint density at radius 3 is 0.713 bits per heavy atom. The molecule has 4 rings (SSSR count). The Morgan fingerprint density at radius 2 is 0.540 bits per heavy atom. The average molecular weight is 1190 g/mol. The Hall–Kier alpha value is -7.89. The molecule has 1 aliphatic carbocycles. The van der Waals surface area contributed by atoms with E-state index in [1.807, 2.05) is 0 Å². The summed E-state index contributed by atoms with van der Waals surface area (Å²) in [4.78, 5) is 44.5. The van der Waals surface area contributed by atoms with Crippen molar-refractivity contribution in [1.82, 2.24) is 16.0 Å². The highest BCUT2D eigenvalue weighted by Gasteiger charge is 2.34. The lowest BCUT2D eigenvalue weighted by molar-refractivity contribution is 0.0869. The number of terminal acetylenes is 6. The summed E-state index contributed by atoms with van der Waals surface area (Å²) < 4.78 is 38.5. The first-order valence-corrected chi connectivity index (χ1v) is 31.5. The molecular weight excluding hydrogens is 1090 g/mol. The van der Waals surface area contributed by atoms with Crippen molar-refractivity contribution in [2.45, 2.75) is 191 Å². The van der Waals surface area contributed by atoms with Crippen LogP contribution in [-0.2, 0) is 19.3 Å². The molecule has 9 N–H and O–H groups in total. The number of rotatable bonds is 45. The van der Waals surface area contributed by atoms with E-state index in [1.54, 1.807) is 36.4 Å². The zero-order valence-electron chi connectivity index (χ0n) is 51.5. The van der Waals surface area contributed by atoms with Crippen molar-refractivity contribution >= 4 is 17.7 Å². The van der Waals surface area contributed by atoms with Crippen LogP contribution in [0.25, 0.3) is 0 Å². The van der Waals surface area contributed by atoms with Crippen molar-refractivity contribution in [3.05, 3.63) is 69.8 Å². The van der Waals surface area contributed by atoms with Crippen molar-refractivity contribution in [2.24, 2.45) is 17.2 Å². The SMILES string of the molecule is C#CCCCCOc1cc(C(=O)NC2CC(NC(=O)c3cc(OCCCCC#C)c(CCCN)c(OCCCCC#C)c3)CC(NC(=O)c3cc(OCCCCC#C)c(CCCN)c(OCCCCC#C)c3)C2)cc(OCCCCC#C)c1CCCN. The van der Waals surface area contributed by atoms with Crippen LogP contribution < -0.4 is 61.6 Å². The Balaban J connectivity index is 1.80. The molecule has 3 aromatic rings.